The van der Waals surface area contributed by atoms with Crippen molar-refractivity contribution in [2.24, 2.45) is 4.99 Å². The van der Waals surface area contributed by atoms with Crippen molar-refractivity contribution in [2.75, 3.05) is 25.1 Å². The molecule has 2 rings (SSSR count). The molecule has 144 valence electrons. The number of hydrogen-bond donors (Lipinski definition) is 2. The van der Waals surface area contributed by atoms with E-state index < -0.39 is 0 Å². The van der Waals surface area contributed by atoms with Crippen LogP contribution >= 0.6 is 35.7 Å². The number of pyridine rings is 1. The molecule has 0 atom stereocenters. The summed E-state index contributed by atoms with van der Waals surface area (Å²) in [5.74, 6) is 2.96. The number of hydrogen-bond acceptors (Lipinski definition) is 5. The van der Waals surface area contributed by atoms with Gasteiger partial charge in [-0.15, -0.1) is 34.2 Å². The molecule has 2 aromatic rings. The summed E-state index contributed by atoms with van der Waals surface area (Å²) in [4.78, 5) is 8.96. The number of thioether (sulfide) groups is 1. The van der Waals surface area contributed by atoms with Gasteiger partial charge in [-0.2, -0.15) is 11.8 Å². The molecule has 0 saturated carbocycles. The molecule has 0 radical (unpaired) electrons. The van der Waals surface area contributed by atoms with Crippen molar-refractivity contribution in [3.8, 4) is 0 Å². The molecule has 2 aromatic heterocycles. The van der Waals surface area contributed by atoms with E-state index in [1.54, 1.807) is 12.5 Å². The fourth-order valence-corrected chi connectivity index (χ4v) is 2.72. The number of halogens is 1. The molecule has 2 heterocycles. The molecule has 0 saturated heterocycles. The average molecular weight is 489 g/mol. The van der Waals surface area contributed by atoms with E-state index in [1.165, 1.54) is 0 Å². The molecule has 0 aliphatic carbocycles. The maximum Gasteiger partial charge on any atom is 0.191 e. The normalized spacial score (nSPS) is 11.1. The maximum absolute atomic E-state index is 4.64. The molecule has 0 amide bonds. The number of aryl methyl sites for hydroxylation is 1. The van der Waals surface area contributed by atoms with Crippen LogP contribution in [0.4, 0.5) is 0 Å². The first kappa shape index (κ1) is 22.7. The molecule has 9 heteroatoms. The second kappa shape index (κ2) is 13.8. The number of rotatable bonds is 10. The topological polar surface area (TPSA) is 80.0 Å². The Kier molecular flexibility index (Phi) is 12.0. The largest absolute Gasteiger partial charge is 0.356 e. The summed E-state index contributed by atoms with van der Waals surface area (Å²) >= 11 is 1.86. The van der Waals surface area contributed by atoms with Gasteiger partial charge in [0, 0.05) is 32.3 Å². The van der Waals surface area contributed by atoms with Crippen LogP contribution in [0.5, 0.6) is 0 Å². The predicted octanol–water partition coefficient (Wildman–Crippen LogP) is 2.34. The fraction of sp³-hybridized carbons (Fsp3) is 0.529. The Morgan fingerprint density at radius 3 is 2.85 bits per heavy atom. The predicted molar refractivity (Wildman–Crippen MR) is 119 cm³/mol. The summed E-state index contributed by atoms with van der Waals surface area (Å²) in [5.41, 5.74) is 0.958. The van der Waals surface area contributed by atoms with Gasteiger partial charge in [0.25, 0.3) is 0 Å². The summed E-state index contributed by atoms with van der Waals surface area (Å²) in [6.45, 7) is 5.13. The summed E-state index contributed by atoms with van der Waals surface area (Å²) < 4.78 is 2.07. The molecule has 2 N–H and O–H groups in total. The molecule has 0 unspecified atom stereocenters. The third kappa shape index (κ3) is 8.35. The Hall–Kier alpha value is -1.36. The molecule has 0 bridgehead atoms. The first-order valence-corrected chi connectivity index (χ1v) is 10.0. The van der Waals surface area contributed by atoms with E-state index in [1.807, 2.05) is 30.0 Å². The van der Waals surface area contributed by atoms with Crippen LogP contribution in [-0.2, 0) is 19.5 Å². The summed E-state index contributed by atoms with van der Waals surface area (Å²) in [5, 5.41) is 14.8. The lowest BCUT2D eigenvalue weighted by molar-refractivity contribution is 0.631. The minimum absolute atomic E-state index is 0. The van der Waals surface area contributed by atoms with Crippen molar-refractivity contribution in [2.45, 2.75) is 32.9 Å². The van der Waals surface area contributed by atoms with E-state index in [9.17, 15) is 0 Å². The van der Waals surface area contributed by atoms with Crippen molar-refractivity contribution < 1.29 is 0 Å². The Labute approximate surface area is 176 Å². The van der Waals surface area contributed by atoms with E-state index in [2.05, 4.69) is 48.6 Å². The summed E-state index contributed by atoms with van der Waals surface area (Å²) in [6, 6.07) is 5.88. The standard InChI is InChI=1S/C17H27N7S.HI/c1-3-16-23-22-14-24(16)11-10-20-17(19-9-6-12-25-2)21-13-15-7-4-5-8-18-15;/h4-5,7-8,14H,3,6,9-13H2,1-2H3,(H2,19,20,21);1H. The second-order valence-corrected chi connectivity index (χ2v) is 6.47. The van der Waals surface area contributed by atoms with Gasteiger partial charge in [-0.1, -0.05) is 13.0 Å². The third-order valence-electron chi connectivity index (χ3n) is 3.60. The maximum atomic E-state index is 4.64. The van der Waals surface area contributed by atoms with Gasteiger partial charge in [0.2, 0.25) is 0 Å². The molecular formula is C17H28IN7S. The Morgan fingerprint density at radius 2 is 2.12 bits per heavy atom. The van der Waals surface area contributed by atoms with Gasteiger partial charge in [-0.3, -0.25) is 4.98 Å². The van der Waals surface area contributed by atoms with Gasteiger partial charge in [-0.05, 0) is 30.6 Å². The van der Waals surface area contributed by atoms with Gasteiger partial charge in [0.15, 0.2) is 5.96 Å². The Balaban J connectivity index is 0.00000338. The van der Waals surface area contributed by atoms with Gasteiger partial charge in [-0.25, -0.2) is 4.99 Å². The first-order chi connectivity index (χ1) is 12.3. The van der Waals surface area contributed by atoms with E-state index in [-0.39, 0.29) is 24.0 Å². The lowest BCUT2D eigenvalue weighted by Crippen LogP contribution is -2.39. The monoisotopic (exact) mass is 489 g/mol. The quantitative estimate of drug-likeness (QED) is 0.231. The molecule has 0 aliphatic rings. The number of nitrogens with zero attached hydrogens (tertiary/aromatic N) is 5. The van der Waals surface area contributed by atoms with Gasteiger partial charge >= 0.3 is 0 Å². The number of guanidine groups is 1. The molecule has 0 aromatic carbocycles. The van der Waals surface area contributed by atoms with Crippen molar-refractivity contribution in [1.29, 1.82) is 0 Å². The average Bonchev–Trinajstić information content (AvgIpc) is 3.11. The zero-order valence-corrected chi connectivity index (χ0v) is 18.5. The minimum atomic E-state index is 0. The van der Waals surface area contributed by atoms with Gasteiger partial charge < -0.3 is 15.2 Å². The van der Waals surface area contributed by atoms with Crippen molar-refractivity contribution in [3.05, 3.63) is 42.2 Å². The van der Waals surface area contributed by atoms with Crippen LogP contribution in [0.2, 0.25) is 0 Å². The SMILES string of the molecule is CCc1nncn1CCNC(=NCc1ccccn1)NCCCSC.I. The molecule has 0 spiro atoms. The number of nitrogens with one attached hydrogen (secondary N) is 2. The highest BCUT2D eigenvalue weighted by molar-refractivity contribution is 14.0. The van der Waals surface area contributed by atoms with E-state index in [0.29, 0.717) is 6.54 Å². The van der Waals surface area contributed by atoms with Crippen LogP contribution in [0.25, 0.3) is 0 Å². The van der Waals surface area contributed by atoms with E-state index >= 15 is 0 Å². The van der Waals surface area contributed by atoms with Crippen LogP contribution in [0.3, 0.4) is 0 Å². The smallest absolute Gasteiger partial charge is 0.191 e. The van der Waals surface area contributed by atoms with Gasteiger partial charge in [0.1, 0.15) is 12.2 Å². The zero-order chi connectivity index (χ0) is 17.7. The van der Waals surface area contributed by atoms with Gasteiger partial charge in [0.05, 0.1) is 12.2 Å². The molecule has 0 fully saturated rings. The summed E-state index contributed by atoms with van der Waals surface area (Å²) in [6.07, 6.45) is 7.68. The van der Waals surface area contributed by atoms with E-state index in [4.69, 9.17) is 0 Å². The number of aromatic nitrogens is 4. The fourth-order valence-electron chi connectivity index (χ4n) is 2.28. The third-order valence-corrected chi connectivity index (χ3v) is 4.30. The van der Waals surface area contributed by atoms with Crippen LogP contribution in [0.1, 0.15) is 24.9 Å². The molecular weight excluding hydrogens is 461 g/mol. The van der Waals surface area contributed by atoms with Crippen LogP contribution < -0.4 is 10.6 Å². The lowest BCUT2D eigenvalue weighted by Gasteiger charge is -2.13. The highest BCUT2D eigenvalue weighted by Gasteiger charge is 2.03. The van der Waals surface area contributed by atoms with Crippen LogP contribution in [0, 0.1) is 0 Å². The van der Waals surface area contributed by atoms with Crippen LogP contribution in [0.15, 0.2) is 35.7 Å². The van der Waals surface area contributed by atoms with Crippen molar-refractivity contribution in [3.63, 3.8) is 0 Å². The molecule has 26 heavy (non-hydrogen) atoms. The van der Waals surface area contributed by atoms with E-state index in [0.717, 1.165) is 55.7 Å². The highest BCUT2D eigenvalue weighted by Crippen LogP contribution is 1.97. The zero-order valence-electron chi connectivity index (χ0n) is 15.4. The minimum Gasteiger partial charge on any atom is -0.356 e. The summed E-state index contributed by atoms with van der Waals surface area (Å²) in [7, 11) is 0. The first-order valence-electron chi connectivity index (χ1n) is 8.61. The molecule has 0 aliphatic heterocycles. The van der Waals surface area contributed by atoms with Crippen molar-refractivity contribution in [1.82, 2.24) is 30.4 Å². The molecule has 7 nitrogen and oxygen atoms in total. The second-order valence-electron chi connectivity index (χ2n) is 5.48. The Bertz CT molecular complexity index is 633. The Morgan fingerprint density at radius 1 is 1.27 bits per heavy atom. The highest BCUT2D eigenvalue weighted by atomic mass is 127. The number of aliphatic imine (C=N–C) groups is 1. The van der Waals surface area contributed by atoms with Crippen molar-refractivity contribution >= 4 is 41.7 Å². The lowest BCUT2D eigenvalue weighted by atomic mass is 10.3. The van der Waals surface area contributed by atoms with Crippen LogP contribution in [-0.4, -0.2) is 50.8 Å².